The Balaban J connectivity index is 0.00000196. The molecule has 1 rings (SSSR count). The van der Waals surface area contributed by atoms with Crippen LogP contribution in [0.15, 0.2) is 24.3 Å². The molecule has 0 aliphatic heterocycles. The zero-order chi connectivity index (χ0) is 10.7. The number of aliphatic hydroxyl groups is 1. The molecule has 0 saturated heterocycles. The second-order valence-electron chi connectivity index (χ2n) is 2.54. The Morgan fingerprint density at radius 2 is 1.93 bits per heavy atom. The molecule has 7 heteroatoms. The number of carbonyl (C=O) groups is 1. The Kier molecular flexibility index (Phi) is 5.45. The standard InChI is InChI=1S/C8H7NO5.Na/c10-7(8(11)12)5-3-1-2-4-6(5)9(13)14;/h1-4,7,10H,(H,11,12);/q;+1/p-1/t7-;/m0./s1. The van der Waals surface area contributed by atoms with Crippen molar-refractivity contribution in [3.8, 4) is 0 Å². The van der Waals surface area contributed by atoms with Crippen molar-refractivity contribution in [2.75, 3.05) is 0 Å². The maximum Gasteiger partial charge on any atom is 1.00 e. The predicted molar refractivity (Wildman–Crippen MR) is 43.1 cm³/mol. The van der Waals surface area contributed by atoms with Crippen LogP contribution in [0.4, 0.5) is 5.69 Å². The van der Waals surface area contributed by atoms with E-state index in [9.17, 15) is 20.0 Å². The second-order valence-corrected chi connectivity index (χ2v) is 2.54. The summed E-state index contributed by atoms with van der Waals surface area (Å²) in [5.41, 5.74) is -0.721. The van der Waals surface area contributed by atoms with Gasteiger partial charge in [0.15, 0.2) is 0 Å². The van der Waals surface area contributed by atoms with Gasteiger partial charge in [-0.15, -0.1) is 0 Å². The molecule has 15 heavy (non-hydrogen) atoms. The Hall–Kier alpha value is -0.950. The number of rotatable bonds is 3. The fraction of sp³-hybridized carbons (Fsp3) is 0.125. The summed E-state index contributed by atoms with van der Waals surface area (Å²) in [7, 11) is 0. The molecular formula is C8H6NNaO5. The average Bonchev–Trinajstić information content (AvgIpc) is 2.16. The largest absolute Gasteiger partial charge is 1.00 e. The van der Waals surface area contributed by atoms with Crippen LogP contribution in [0.1, 0.15) is 11.7 Å². The van der Waals surface area contributed by atoms with E-state index in [0.717, 1.165) is 6.07 Å². The summed E-state index contributed by atoms with van der Waals surface area (Å²) in [6.45, 7) is 0. The van der Waals surface area contributed by atoms with E-state index in [1.165, 1.54) is 18.2 Å². The summed E-state index contributed by atoms with van der Waals surface area (Å²) in [4.78, 5) is 20.0. The Morgan fingerprint density at radius 3 is 2.40 bits per heavy atom. The number of nitro groups is 1. The fourth-order valence-corrected chi connectivity index (χ4v) is 1.01. The molecule has 1 N–H and O–H groups in total. The molecular weight excluding hydrogens is 213 g/mol. The number of benzene rings is 1. The fourth-order valence-electron chi connectivity index (χ4n) is 1.01. The van der Waals surface area contributed by atoms with Gasteiger partial charge in [0.2, 0.25) is 0 Å². The van der Waals surface area contributed by atoms with E-state index in [1.807, 2.05) is 0 Å². The van der Waals surface area contributed by atoms with E-state index in [4.69, 9.17) is 5.11 Å². The van der Waals surface area contributed by atoms with Crippen molar-refractivity contribution in [2.24, 2.45) is 0 Å². The van der Waals surface area contributed by atoms with Gasteiger partial charge >= 0.3 is 29.6 Å². The predicted octanol–water partition coefficient (Wildman–Crippen LogP) is -3.62. The third-order valence-electron chi connectivity index (χ3n) is 1.65. The van der Waals surface area contributed by atoms with Gasteiger partial charge in [0.05, 0.1) is 16.5 Å². The molecule has 0 aliphatic carbocycles. The van der Waals surface area contributed by atoms with Gasteiger partial charge in [-0.1, -0.05) is 12.1 Å². The van der Waals surface area contributed by atoms with Crippen LogP contribution in [0.5, 0.6) is 0 Å². The van der Waals surface area contributed by atoms with Crippen LogP contribution >= 0.6 is 0 Å². The van der Waals surface area contributed by atoms with E-state index < -0.39 is 22.7 Å². The number of nitro benzene ring substituents is 1. The molecule has 0 unspecified atom stereocenters. The summed E-state index contributed by atoms with van der Waals surface area (Å²) < 4.78 is 0. The maximum absolute atomic E-state index is 10.4. The summed E-state index contributed by atoms with van der Waals surface area (Å²) in [5, 5.41) is 29.8. The topological polar surface area (TPSA) is 104 Å². The third-order valence-corrected chi connectivity index (χ3v) is 1.65. The molecule has 1 atom stereocenters. The van der Waals surface area contributed by atoms with Crippen molar-refractivity contribution >= 4 is 11.7 Å². The second kappa shape index (κ2) is 5.82. The summed E-state index contributed by atoms with van der Waals surface area (Å²) in [6.07, 6.45) is -1.98. The number of hydrogen-bond donors (Lipinski definition) is 1. The molecule has 6 nitrogen and oxygen atoms in total. The number of hydrogen-bond acceptors (Lipinski definition) is 5. The number of carboxylic acids is 1. The first-order chi connectivity index (χ1) is 6.54. The van der Waals surface area contributed by atoms with Crippen LogP contribution in [0.3, 0.4) is 0 Å². The first-order valence-corrected chi connectivity index (χ1v) is 3.66. The summed E-state index contributed by atoms with van der Waals surface area (Å²) in [5.74, 6) is -1.76. The Morgan fingerprint density at radius 1 is 1.40 bits per heavy atom. The summed E-state index contributed by atoms with van der Waals surface area (Å²) in [6, 6.07) is 5.05. The van der Waals surface area contributed by atoms with E-state index >= 15 is 0 Å². The van der Waals surface area contributed by atoms with Gasteiger partial charge in [0.1, 0.15) is 6.10 Å². The van der Waals surface area contributed by atoms with Gasteiger partial charge in [-0.3, -0.25) is 10.1 Å². The van der Waals surface area contributed by atoms with Gasteiger partial charge in [-0.05, 0) is 6.07 Å². The minimum absolute atomic E-state index is 0. The number of carbonyl (C=O) groups excluding carboxylic acids is 1. The third kappa shape index (κ3) is 3.28. The monoisotopic (exact) mass is 219 g/mol. The van der Waals surface area contributed by atoms with Crippen LogP contribution in [0.2, 0.25) is 0 Å². The number of aliphatic carboxylic acids is 1. The minimum Gasteiger partial charge on any atom is -0.547 e. The number of nitrogens with zero attached hydrogens (tertiary/aromatic N) is 1. The number of aliphatic hydroxyl groups excluding tert-OH is 1. The molecule has 0 fully saturated rings. The van der Waals surface area contributed by atoms with Crippen LogP contribution in [-0.4, -0.2) is 16.0 Å². The molecule has 0 heterocycles. The van der Waals surface area contributed by atoms with Crippen LogP contribution in [0, 0.1) is 10.1 Å². The minimum atomic E-state index is -1.98. The van der Waals surface area contributed by atoms with Crippen LogP contribution in [0.25, 0.3) is 0 Å². The van der Waals surface area contributed by atoms with E-state index in [1.54, 1.807) is 0 Å². The van der Waals surface area contributed by atoms with Crippen LogP contribution < -0.4 is 34.7 Å². The quantitative estimate of drug-likeness (QED) is 0.321. The normalized spacial score (nSPS) is 11.3. The molecule has 74 valence electrons. The van der Waals surface area contributed by atoms with Gasteiger partial charge in [0.25, 0.3) is 5.69 Å². The maximum atomic E-state index is 10.4. The first-order valence-electron chi connectivity index (χ1n) is 3.66. The van der Waals surface area contributed by atoms with Gasteiger partial charge in [-0.25, -0.2) is 0 Å². The van der Waals surface area contributed by atoms with Crippen molar-refractivity contribution in [3.05, 3.63) is 39.9 Å². The van der Waals surface area contributed by atoms with Crippen LogP contribution in [-0.2, 0) is 4.79 Å². The molecule has 0 amide bonds. The van der Waals surface area contributed by atoms with Gasteiger partial charge < -0.3 is 15.0 Å². The summed E-state index contributed by atoms with van der Waals surface area (Å²) >= 11 is 0. The molecule has 0 radical (unpaired) electrons. The van der Waals surface area contributed by atoms with Gasteiger partial charge in [-0.2, -0.15) is 0 Å². The SMILES string of the molecule is O=C([O-])[C@@H](O)c1ccccc1[N+](=O)[O-].[Na+]. The zero-order valence-corrected chi connectivity index (χ0v) is 9.91. The Labute approximate surface area is 107 Å². The van der Waals surface area contributed by atoms with Crippen molar-refractivity contribution in [1.29, 1.82) is 0 Å². The first kappa shape index (κ1) is 14.1. The van der Waals surface area contributed by atoms with Crippen molar-refractivity contribution in [3.63, 3.8) is 0 Å². The zero-order valence-electron chi connectivity index (χ0n) is 7.91. The van der Waals surface area contributed by atoms with E-state index in [2.05, 4.69) is 0 Å². The molecule has 1 aromatic rings. The van der Waals surface area contributed by atoms with Crippen molar-refractivity contribution in [2.45, 2.75) is 6.10 Å². The average molecular weight is 219 g/mol. The molecule has 0 saturated carbocycles. The number of para-hydroxylation sites is 1. The molecule has 0 bridgehead atoms. The molecule has 0 aliphatic rings. The van der Waals surface area contributed by atoms with Crippen molar-refractivity contribution < 1.29 is 49.5 Å². The number of carboxylic acid groups (broad SMARTS) is 1. The molecule has 0 spiro atoms. The van der Waals surface area contributed by atoms with E-state index in [0.29, 0.717) is 0 Å². The van der Waals surface area contributed by atoms with Gasteiger partial charge in [0, 0.05) is 6.07 Å². The van der Waals surface area contributed by atoms with E-state index in [-0.39, 0.29) is 35.1 Å². The molecule has 1 aromatic carbocycles. The van der Waals surface area contributed by atoms with Crippen molar-refractivity contribution in [1.82, 2.24) is 0 Å². The Bertz CT molecular complexity index is 381. The smallest absolute Gasteiger partial charge is 0.547 e. The molecule has 0 aromatic heterocycles.